The lowest BCUT2D eigenvalue weighted by Gasteiger charge is -2.19. The molecule has 0 aliphatic heterocycles. The number of halogens is 1. The summed E-state index contributed by atoms with van der Waals surface area (Å²) in [6.07, 6.45) is -0.847. The van der Waals surface area contributed by atoms with Gasteiger partial charge in [-0.2, -0.15) is 0 Å². The van der Waals surface area contributed by atoms with Crippen molar-refractivity contribution in [3.63, 3.8) is 0 Å². The van der Waals surface area contributed by atoms with Gasteiger partial charge < -0.3 is 15.9 Å². The molecule has 0 radical (unpaired) electrons. The molecule has 0 saturated carbocycles. The van der Waals surface area contributed by atoms with Gasteiger partial charge in [0.2, 0.25) is 0 Å². The Bertz CT molecular complexity index is 377. The van der Waals surface area contributed by atoms with Gasteiger partial charge in [0.1, 0.15) is 5.75 Å². The number of hydrogen-bond donors (Lipinski definition) is 3. The van der Waals surface area contributed by atoms with Crippen molar-refractivity contribution in [3.8, 4) is 5.75 Å². The molecule has 0 aliphatic carbocycles. The molecule has 84 valence electrons. The van der Waals surface area contributed by atoms with E-state index in [1.165, 1.54) is 0 Å². The lowest BCUT2D eigenvalue weighted by atomic mass is 9.98. The van der Waals surface area contributed by atoms with E-state index in [1.807, 2.05) is 13.8 Å². The number of aryl methyl sites for hydroxylation is 1. The molecule has 0 heterocycles. The van der Waals surface area contributed by atoms with Crippen molar-refractivity contribution in [2.24, 2.45) is 5.73 Å². The van der Waals surface area contributed by atoms with E-state index >= 15 is 0 Å². The van der Waals surface area contributed by atoms with Gasteiger partial charge in [0.05, 0.1) is 10.6 Å². The summed E-state index contributed by atoms with van der Waals surface area (Å²) in [5.41, 5.74) is 8.05. The molecule has 15 heavy (non-hydrogen) atoms. The second-order valence-corrected chi connectivity index (χ2v) is 4.67. The highest BCUT2D eigenvalue weighted by atomic mass is 79.9. The average molecular weight is 274 g/mol. The SMILES string of the molecule is Cc1cc(C(O)C(C)N)c(O)c(Br)c1C. The topological polar surface area (TPSA) is 66.5 Å². The van der Waals surface area contributed by atoms with Gasteiger partial charge in [-0.25, -0.2) is 0 Å². The van der Waals surface area contributed by atoms with Gasteiger partial charge in [0, 0.05) is 11.6 Å². The van der Waals surface area contributed by atoms with Gasteiger partial charge in [-0.05, 0) is 53.9 Å². The molecule has 2 unspecified atom stereocenters. The first-order valence-electron chi connectivity index (χ1n) is 4.78. The molecule has 1 rings (SSSR count). The molecule has 0 aliphatic rings. The standard InChI is InChI=1S/C11H16BrNO2/c1-5-4-8(10(14)7(3)13)11(15)9(12)6(5)2/h4,7,10,14-15H,13H2,1-3H3. The van der Waals surface area contributed by atoms with Crippen LogP contribution in [0.4, 0.5) is 0 Å². The summed E-state index contributed by atoms with van der Waals surface area (Å²) in [7, 11) is 0. The molecule has 0 aromatic heterocycles. The number of nitrogens with two attached hydrogens (primary N) is 1. The van der Waals surface area contributed by atoms with Gasteiger partial charge in [0.15, 0.2) is 0 Å². The number of benzene rings is 1. The van der Waals surface area contributed by atoms with Crippen LogP contribution in [-0.2, 0) is 0 Å². The summed E-state index contributed by atoms with van der Waals surface area (Å²) in [4.78, 5) is 0. The van der Waals surface area contributed by atoms with E-state index in [0.29, 0.717) is 10.0 Å². The number of hydrogen-bond acceptors (Lipinski definition) is 3. The van der Waals surface area contributed by atoms with Crippen molar-refractivity contribution < 1.29 is 10.2 Å². The van der Waals surface area contributed by atoms with Gasteiger partial charge in [-0.1, -0.05) is 0 Å². The molecule has 4 heteroatoms. The quantitative estimate of drug-likeness (QED) is 0.774. The molecular formula is C11H16BrNO2. The van der Waals surface area contributed by atoms with Crippen molar-refractivity contribution in [1.82, 2.24) is 0 Å². The van der Waals surface area contributed by atoms with Crippen LogP contribution < -0.4 is 5.73 Å². The lowest BCUT2D eigenvalue weighted by molar-refractivity contribution is 0.149. The molecule has 3 nitrogen and oxygen atoms in total. The van der Waals surface area contributed by atoms with E-state index < -0.39 is 12.1 Å². The Balaban J connectivity index is 3.32. The predicted octanol–water partition coefficient (Wildman–Crippen LogP) is 2.15. The Kier molecular flexibility index (Phi) is 3.76. The Hall–Kier alpha value is -0.580. The van der Waals surface area contributed by atoms with Crippen molar-refractivity contribution in [3.05, 3.63) is 27.2 Å². The van der Waals surface area contributed by atoms with Crippen molar-refractivity contribution in [2.75, 3.05) is 0 Å². The third-order valence-electron chi connectivity index (χ3n) is 2.59. The minimum Gasteiger partial charge on any atom is -0.506 e. The van der Waals surface area contributed by atoms with Crippen LogP contribution in [0.1, 0.15) is 29.7 Å². The molecule has 0 spiro atoms. The zero-order chi connectivity index (χ0) is 11.7. The fraction of sp³-hybridized carbons (Fsp3) is 0.455. The van der Waals surface area contributed by atoms with E-state index in [1.54, 1.807) is 13.0 Å². The number of phenols is 1. The summed E-state index contributed by atoms with van der Waals surface area (Å²) >= 11 is 3.30. The number of rotatable bonds is 2. The summed E-state index contributed by atoms with van der Waals surface area (Å²) in [5, 5.41) is 19.7. The van der Waals surface area contributed by atoms with Crippen LogP contribution in [0.3, 0.4) is 0 Å². The summed E-state index contributed by atoms with van der Waals surface area (Å²) in [6.45, 7) is 5.53. The van der Waals surface area contributed by atoms with Crippen molar-refractivity contribution >= 4 is 15.9 Å². The van der Waals surface area contributed by atoms with E-state index in [2.05, 4.69) is 15.9 Å². The predicted molar refractivity (Wildman–Crippen MR) is 63.9 cm³/mol. The minimum atomic E-state index is -0.847. The fourth-order valence-electron chi connectivity index (χ4n) is 1.40. The largest absolute Gasteiger partial charge is 0.506 e. The fourth-order valence-corrected chi connectivity index (χ4v) is 1.94. The first-order valence-corrected chi connectivity index (χ1v) is 5.57. The van der Waals surface area contributed by atoms with Gasteiger partial charge in [-0.15, -0.1) is 0 Å². The highest BCUT2D eigenvalue weighted by molar-refractivity contribution is 9.10. The van der Waals surface area contributed by atoms with E-state index in [9.17, 15) is 10.2 Å². The molecule has 0 fully saturated rings. The molecule has 2 atom stereocenters. The number of phenolic OH excluding ortho intramolecular Hbond substituents is 1. The van der Waals surface area contributed by atoms with Crippen LogP contribution in [0.15, 0.2) is 10.5 Å². The molecule has 4 N–H and O–H groups in total. The normalized spacial score (nSPS) is 15.1. The van der Waals surface area contributed by atoms with E-state index in [4.69, 9.17) is 5.73 Å². The van der Waals surface area contributed by atoms with Crippen LogP contribution in [0.5, 0.6) is 5.75 Å². The Morgan fingerprint density at radius 2 is 1.93 bits per heavy atom. The summed E-state index contributed by atoms with van der Waals surface area (Å²) in [6, 6.07) is 1.36. The van der Waals surface area contributed by atoms with Crippen molar-refractivity contribution in [1.29, 1.82) is 0 Å². The highest BCUT2D eigenvalue weighted by Gasteiger charge is 2.20. The Morgan fingerprint density at radius 3 is 2.40 bits per heavy atom. The second-order valence-electron chi connectivity index (χ2n) is 3.87. The van der Waals surface area contributed by atoms with E-state index in [-0.39, 0.29) is 5.75 Å². The maximum absolute atomic E-state index is 9.86. The summed E-state index contributed by atoms with van der Waals surface area (Å²) in [5.74, 6) is 0.0721. The maximum atomic E-state index is 9.86. The molecule has 0 bridgehead atoms. The first kappa shape index (κ1) is 12.5. The van der Waals surface area contributed by atoms with Crippen LogP contribution in [0.2, 0.25) is 0 Å². The third kappa shape index (κ3) is 2.33. The van der Waals surface area contributed by atoms with Crippen LogP contribution >= 0.6 is 15.9 Å². The summed E-state index contributed by atoms with van der Waals surface area (Å²) < 4.78 is 0.622. The molecule has 1 aromatic carbocycles. The molecule has 1 aromatic rings. The smallest absolute Gasteiger partial charge is 0.135 e. The monoisotopic (exact) mass is 273 g/mol. The number of aliphatic hydroxyl groups excluding tert-OH is 1. The van der Waals surface area contributed by atoms with Crippen LogP contribution in [0, 0.1) is 13.8 Å². The minimum absolute atomic E-state index is 0.0721. The zero-order valence-corrected chi connectivity index (χ0v) is 10.7. The van der Waals surface area contributed by atoms with Gasteiger partial charge in [0.25, 0.3) is 0 Å². The average Bonchev–Trinajstić information content (AvgIpc) is 2.19. The number of aromatic hydroxyl groups is 1. The van der Waals surface area contributed by atoms with Gasteiger partial charge in [-0.3, -0.25) is 0 Å². The highest BCUT2D eigenvalue weighted by Crippen LogP contribution is 2.37. The Morgan fingerprint density at radius 1 is 1.40 bits per heavy atom. The zero-order valence-electron chi connectivity index (χ0n) is 9.08. The lowest BCUT2D eigenvalue weighted by Crippen LogP contribution is -2.24. The maximum Gasteiger partial charge on any atom is 0.135 e. The van der Waals surface area contributed by atoms with E-state index in [0.717, 1.165) is 11.1 Å². The third-order valence-corrected chi connectivity index (χ3v) is 3.56. The molecule has 0 amide bonds. The van der Waals surface area contributed by atoms with Crippen LogP contribution in [-0.4, -0.2) is 16.3 Å². The first-order chi connectivity index (χ1) is 6.86. The molecule has 0 saturated heterocycles. The molecular weight excluding hydrogens is 258 g/mol. The van der Waals surface area contributed by atoms with Gasteiger partial charge >= 0.3 is 0 Å². The van der Waals surface area contributed by atoms with Crippen molar-refractivity contribution in [2.45, 2.75) is 32.9 Å². The Labute approximate surface area is 98.1 Å². The number of aliphatic hydroxyl groups is 1. The second kappa shape index (κ2) is 4.51. The van der Waals surface area contributed by atoms with Crippen LogP contribution in [0.25, 0.3) is 0 Å².